The van der Waals surface area contributed by atoms with Crippen molar-refractivity contribution in [2.45, 2.75) is 84.3 Å². The summed E-state index contributed by atoms with van der Waals surface area (Å²) in [6.07, 6.45) is 0.401. The van der Waals surface area contributed by atoms with Crippen LogP contribution in [0.25, 0.3) is 0 Å². The van der Waals surface area contributed by atoms with Crippen molar-refractivity contribution in [2.24, 2.45) is 11.8 Å². The second-order valence-corrected chi connectivity index (χ2v) is 11.7. The van der Waals surface area contributed by atoms with Gasteiger partial charge in [0.2, 0.25) is 29.5 Å². The Bertz CT molecular complexity index is 1270. The van der Waals surface area contributed by atoms with Gasteiger partial charge in [0.05, 0.1) is 13.2 Å². The highest BCUT2D eigenvalue weighted by Crippen LogP contribution is 2.11. The first kappa shape index (κ1) is 34.2. The van der Waals surface area contributed by atoms with Crippen LogP contribution in [0.2, 0.25) is 0 Å². The van der Waals surface area contributed by atoms with Crippen molar-refractivity contribution in [3.05, 3.63) is 71.8 Å². The smallest absolute Gasteiger partial charge is 0.245 e. The summed E-state index contributed by atoms with van der Waals surface area (Å²) in [5.41, 5.74) is 1.69. The molecule has 0 aromatic heterocycles. The second kappa shape index (κ2) is 16.6. The SMILES string of the molecule is CC[C@@H]1NC(=O)[C@H](C(C)C)NC(=O)[C@H](Cc2ccccc2)NC(=O)[C@H](C(C)C)NC(=O)[C@@H](COCc2ccccc2)NC1=O. The molecular weight excluding hydrogens is 562 g/mol. The zero-order valence-corrected chi connectivity index (χ0v) is 26.1. The number of ether oxygens (including phenoxy) is 1. The third kappa shape index (κ3) is 9.90. The molecule has 1 aliphatic rings. The number of rotatable bonds is 9. The third-order valence-electron chi connectivity index (χ3n) is 7.48. The number of nitrogens with one attached hydrogen (secondary N) is 5. The summed E-state index contributed by atoms with van der Waals surface area (Å²) in [6, 6.07) is 13.4. The van der Waals surface area contributed by atoms with Crippen molar-refractivity contribution in [3.63, 3.8) is 0 Å². The Labute approximate surface area is 259 Å². The van der Waals surface area contributed by atoms with Crippen LogP contribution in [0.5, 0.6) is 0 Å². The van der Waals surface area contributed by atoms with Gasteiger partial charge in [-0.05, 0) is 29.4 Å². The Kier molecular flexibility index (Phi) is 12.9. The molecule has 3 rings (SSSR count). The van der Waals surface area contributed by atoms with Gasteiger partial charge < -0.3 is 31.3 Å². The van der Waals surface area contributed by atoms with Crippen LogP contribution in [0.4, 0.5) is 0 Å². The van der Waals surface area contributed by atoms with Gasteiger partial charge in [-0.1, -0.05) is 95.3 Å². The highest BCUT2D eigenvalue weighted by Gasteiger charge is 2.36. The maximum atomic E-state index is 13.6. The molecule has 2 aromatic rings. The molecule has 0 saturated carbocycles. The van der Waals surface area contributed by atoms with E-state index in [1.807, 2.05) is 60.7 Å². The van der Waals surface area contributed by atoms with Gasteiger partial charge in [-0.2, -0.15) is 0 Å². The van der Waals surface area contributed by atoms with Gasteiger partial charge in [0.1, 0.15) is 30.2 Å². The van der Waals surface area contributed by atoms with Crippen LogP contribution in [-0.2, 0) is 41.7 Å². The van der Waals surface area contributed by atoms with E-state index in [9.17, 15) is 24.0 Å². The Hall–Kier alpha value is -4.25. The van der Waals surface area contributed by atoms with Crippen LogP contribution in [0.15, 0.2) is 60.7 Å². The van der Waals surface area contributed by atoms with Crippen molar-refractivity contribution in [2.75, 3.05) is 6.61 Å². The van der Waals surface area contributed by atoms with Gasteiger partial charge in [0, 0.05) is 6.42 Å². The van der Waals surface area contributed by atoms with E-state index < -0.39 is 59.7 Å². The van der Waals surface area contributed by atoms with Crippen LogP contribution < -0.4 is 26.6 Å². The predicted octanol–water partition coefficient (Wildman–Crippen LogP) is 1.61. The molecule has 11 heteroatoms. The first-order valence-electron chi connectivity index (χ1n) is 15.2. The minimum absolute atomic E-state index is 0.164. The van der Waals surface area contributed by atoms with E-state index in [0.29, 0.717) is 0 Å². The zero-order valence-electron chi connectivity index (χ0n) is 26.1. The number of hydrogen-bond donors (Lipinski definition) is 5. The number of carbonyl (C=O) groups excluding carboxylic acids is 5. The van der Waals surface area contributed by atoms with E-state index in [-0.39, 0.29) is 37.9 Å². The van der Waals surface area contributed by atoms with Crippen molar-refractivity contribution < 1.29 is 28.7 Å². The van der Waals surface area contributed by atoms with E-state index in [4.69, 9.17) is 4.74 Å². The molecule has 1 heterocycles. The van der Waals surface area contributed by atoms with E-state index >= 15 is 0 Å². The lowest BCUT2D eigenvalue weighted by Gasteiger charge is -2.28. The fourth-order valence-corrected chi connectivity index (χ4v) is 4.84. The lowest BCUT2D eigenvalue weighted by atomic mass is 9.99. The van der Waals surface area contributed by atoms with Gasteiger partial charge in [0.15, 0.2) is 0 Å². The van der Waals surface area contributed by atoms with Crippen molar-refractivity contribution >= 4 is 29.5 Å². The van der Waals surface area contributed by atoms with Crippen molar-refractivity contribution in [1.82, 2.24) is 26.6 Å². The first-order valence-corrected chi connectivity index (χ1v) is 15.2. The van der Waals surface area contributed by atoms with E-state index in [1.165, 1.54) is 0 Å². The Morgan fingerprint density at radius 2 is 1.00 bits per heavy atom. The fourth-order valence-electron chi connectivity index (χ4n) is 4.84. The zero-order chi connectivity index (χ0) is 32.2. The molecule has 0 spiro atoms. The molecule has 44 heavy (non-hydrogen) atoms. The van der Waals surface area contributed by atoms with E-state index in [1.54, 1.807) is 34.6 Å². The van der Waals surface area contributed by atoms with Gasteiger partial charge in [-0.15, -0.1) is 0 Å². The molecule has 5 N–H and O–H groups in total. The second-order valence-electron chi connectivity index (χ2n) is 11.7. The fraction of sp³-hybridized carbons (Fsp3) is 0.485. The summed E-state index contributed by atoms with van der Waals surface area (Å²) in [4.78, 5) is 67.6. The normalized spacial score (nSPS) is 24.0. The predicted molar refractivity (Wildman–Crippen MR) is 166 cm³/mol. The number of carbonyl (C=O) groups is 5. The number of benzene rings is 2. The Morgan fingerprint density at radius 1 is 0.568 bits per heavy atom. The molecule has 0 unspecified atom stereocenters. The molecule has 1 fully saturated rings. The quantitative estimate of drug-likeness (QED) is 0.292. The molecule has 0 radical (unpaired) electrons. The van der Waals surface area contributed by atoms with Gasteiger partial charge in [-0.25, -0.2) is 0 Å². The van der Waals surface area contributed by atoms with Crippen LogP contribution in [0.3, 0.4) is 0 Å². The lowest BCUT2D eigenvalue weighted by Crippen LogP contribution is -2.60. The third-order valence-corrected chi connectivity index (χ3v) is 7.48. The molecule has 5 atom stereocenters. The van der Waals surface area contributed by atoms with Crippen LogP contribution in [0.1, 0.15) is 52.2 Å². The molecule has 238 valence electrons. The molecule has 0 aliphatic carbocycles. The topological polar surface area (TPSA) is 155 Å². The van der Waals surface area contributed by atoms with Crippen LogP contribution in [-0.4, -0.2) is 66.4 Å². The molecule has 5 amide bonds. The molecule has 2 aromatic carbocycles. The highest BCUT2D eigenvalue weighted by molar-refractivity contribution is 5.98. The Morgan fingerprint density at radius 3 is 1.50 bits per heavy atom. The minimum Gasteiger partial charge on any atom is -0.374 e. The monoisotopic (exact) mass is 607 g/mol. The molecule has 11 nitrogen and oxygen atoms in total. The summed E-state index contributed by atoms with van der Waals surface area (Å²) in [7, 11) is 0. The van der Waals surface area contributed by atoms with Gasteiger partial charge in [-0.3, -0.25) is 24.0 Å². The van der Waals surface area contributed by atoms with E-state index in [0.717, 1.165) is 11.1 Å². The maximum Gasteiger partial charge on any atom is 0.245 e. The largest absolute Gasteiger partial charge is 0.374 e. The highest BCUT2D eigenvalue weighted by atomic mass is 16.5. The number of amides is 5. The van der Waals surface area contributed by atoms with Gasteiger partial charge in [0.25, 0.3) is 0 Å². The Balaban J connectivity index is 1.95. The van der Waals surface area contributed by atoms with Gasteiger partial charge >= 0.3 is 0 Å². The van der Waals surface area contributed by atoms with E-state index in [2.05, 4.69) is 26.6 Å². The summed E-state index contributed by atoms with van der Waals surface area (Å²) in [5, 5.41) is 13.8. The molecule has 0 bridgehead atoms. The summed E-state index contributed by atoms with van der Waals surface area (Å²) >= 11 is 0. The molecular formula is C33H45N5O6. The number of hydrogen-bond acceptors (Lipinski definition) is 6. The average molecular weight is 608 g/mol. The van der Waals surface area contributed by atoms with Crippen molar-refractivity contribution in [3.8, 4) is 0 Å². The molecule has 1 aliphatic heterocycles. The standard InChI is InChI=1S/C33H45N5O6/c1-6-24-29(39)36-26(19-44-18-23-15-11-8-12-16-23)31(41)38-28(21(4)5)33(43)35-25(17-22-13-9-7-10-14-22)30(40)37-27(20(2)3)32(42)34-24/h7-16,20-21,24-28H,6,17-19H2,1-5H3,(H,34,42)(H,35,43)(H,36,39)(H,37,40)(H,38,41)/t24-,25-,26+,27-,28-/m0/s1. The van der Waals surface area contributed by atoms with Crippen LogP contribution >= 0.6 is 0 Å². The lowest BCUT2D eigenvalue weighted by molar-refractivity contribution is -0.135. The average Bonchev–Trinajstić information content (AvgIpc) is 3.00. The summed E-state index contributed by atoms with van der Waals surface area (Å²) in [5.74, 6) is -3.55. The molecule has 1 saturated heterocycles. The van der Waals surface area contributed by atoms with Crippen molar-refractivity contribution in [1.29, 1.82) is 0 Å². The first-order chi connectivity index (χ1) is 21.0. The van der Waals surface area contributed by atoms with Crippen LogP contribution in [0, 0.1) is 11.8 Å². The minimum atomic E-state index is -1.16. The summed E-state index contributed by atoms with van der Waals surface area (Å²) in [6.45, 7) is 8.87. The maximum absolute atomic E-state index is 13.6. The summed E-state index contributed by atoms with van der Waals surface area (Å²) < 4.78 is 5.81.